The zero-order valence-corrected chi connectivity index (χ0v) is 17.8. The molecule has 2 aliphatic rings. The monoisotopic (exact) mass is 455 g/mol. The van der Waals surface area contributed by atoms with Crippen molar-refractivity contribution < 1.29 is 18.3 Å². The summed E-state index contributed by atoms with van der Waals surface area (Å²) >= 11 is 0. The third-order valence-corrected chi connectivity index (χ3v) is 6.46. The fraction of sp³-hybridized carbons (Fsp3) is 0.455. The van der Waals surface area contributed by atoms with Gasteiger partial charge in [0, 0.05) is 42.2 Å². The van der Waals surface area contributed by atoms with Gasteiger partial charge in [0.1, 0.15) is 17.7 Å². The Morgan fingerprint density at radius 3 is 2.82 bits per heavy atom. The van der Waals surface area contributed by atoms with Gasteiger partial charge in [-0.05, 0) is 30.5 Å². The summed E-state index contributed by atoms with van der Waals surface area (Å²) in [6, 6.07) is 5.75. The van der Waals surface area contributed by atoms with E-state index in [1.54, 1.807) is 12.3 Å². The van der Waals surface area contributed by atoms with Crippen LogP contribution in [-0.4, -0.2) is 61.4 Å². The Kier molecular flexibility index (Phi) is 4.95. The molecule has 1 aliphatic heterocycles. The van der Waals surface area contributed by atoms with Gasteiger partial charge < -0.3 is 19.8 Å². The highest BCUT2D eigenvalue weighted by Crippen LogP contribution is 2.36. The fourth-order valence-electron chi connectivity index (χ4n) is 4.78. The molecule has 1 aliphatic carbocycles. The molecule has 0 atom stereocenters. The molecule has 2 fully saturated rings. The third-order valence-electron chi connectivity index (χ3n) is 6.46. The number of hydrogen-bond donors (Lipinski definition) is 2. The van der Waals surface area contributed by atoms with E-state index in [1.807, 2.05) is 18.3 Å². The van der Waals surface area contributed by atoms with Crippen molar-refractivity contribution in [2.75, 3.05) is 18.5 Å². The van der Waals surface area contributed by atoms with E-state index in [4.69, 9.17) is 9.47 Å². The number of H-pyrrole nitrogens is 1. The minimum absolute atomic E-state index is 0.264. The van der Waals surface area contributed by atoms with Gasteiger partial charge in [-0.1, -0.05) is 11.3 Å². The summed E-state index contributed by atoms with van der Waals surface area (Å²) in [4.78, 5) is 12.4. The summed E-state index contributed by atoms with van der Waals surface area (Å²) in [5, 5.41) is 12.1. The van der Waals surface area contributed by atoms with Gasteiger partial charge in [-0.2, -0.15) is 4.98 Å². The summed E-state index contributed by atoms with van der Waals surface area (Å²) in [6.45, 7) is 0.850. The second-order valence-corrected chi connectivity index (χ2v) is 8.55. The van der Waals surface area contributed by atoms with E-state index in [2.05, 4.69) is 30.6 Å². The first kappa shape index (κ1) is 20.4. The Bertz CT molecular complexity index is 1290. The molecule has 4 heterocycles. The van der Waals surface area contributed by atoms with Gasteiger partial charge >= 0.3 is 0 Å². The number of aromatic nitrogens is 6. The van der Waals surface area contributed by atoms with E-state index in [0.29, 0.717) is 35.8 Å². The summed E-state index contributed by atoms with van der Waals surface area (Å²) in [5.74, 6) is 0.179. The SMILES string of the molecule is FC(F)Cn1nnc2ccc(-c3c[nH]c4nc(NC5CCC6(CC5)OCCO6)ncc34)cc21. The van der Waals surface area contributed by atoms with Crippen molar-refractivity contribution in [1.82, 2.24) is 29.9 Å². The number of nitrogens with zero attached hydrogens (tertiary/aromatic N) is 5. The highest BCUT2D eigenvalue weighted by Gasteiger charge is 2.40. The van der Waals surface area contributed by atoms with Crippen LogP contribution in [0.1, 0.15) is 25.7 Å². The molecule has 1 spiro atoms. The van der Waals surface area contributed by atoms with Crippen LogP contribution < -0.4 is 5.32 Å². The minimum Gasteiger partial charge on any atom is -0.351 e. The fourth-order valence-corrected chi connectivity index (χ4v) is 4.78. The lowest BCUT2D eigenvalue weighted by Crippen LogP contribution is -2.39. The van der Waals surface area contributed by atoms with Crippen molar-refractivity contribution in [3.8, 4) is 11.1 Å². The maximum Gasteiger partial charge on any atom is 0.258 e. The first-order valence-corrected chi connectivity index (χ1v) is 11.1. The molecule has 4 aromatic rings. The van der Waals surface area contributed by atoms with Crippen molar-refractivity contribution in [2.45, 2.75) is 50.5 Å². The Morgan fingerprint density at radius 1 is 1.21 bits per heavy atom. The van der Waals surface area contributed by atoms with Crippen LogP contribution in [0.5, 0.6) is 0 Å². The Balaban J connectivity index is 1.22. The predicted octanol–water partition coefficient (Wildman–Crippen LogP) is 3.73. The smallest absolute Gasteiger partial charge is 0.258 e. The van der Waals surface area contributed by atoms with Gasteiger partial charge in [-0.25, -0.2) is 18.4 Å². The van der Waals surface area contributed by atoms with Crippen molar-refractivity contribution >= 4 is 28.0 Å². The van der Waals surface area contributed by atoms with Crippen LogP contribution in [0.25, 0.3) is 33.2 Å². The number of nitrogens with one attached hydrogen (secondary N) is 2. The van der Waals surface area contributed by atoms with Crippen LogP contribution in [0.15, 0.2) is 30.6 Å². The van der Waals surface area contributed by atoms with E-state index >= 15 is 0 Å². The zero-order valence-electron chi connectivity index (χ0n) is 17.8. The number of aromatic amines is 1. The Hall–Kier alpha value is -3.18. The highest BCUT2D eigenvalue weighted by atomic mass is 19.3. The van der Waals surface area contributed by atoms with Crippen molar-refractivity contribution in [3.63, 3.8) is 0 Å². The van der Waals surface area contributed by atoms with Crippen LogP contribution in [0.4, 0.5) is 14.7 Å². The van der Waals surface area contributed by atoms with Crippen LogP contribution in [0.2, 0.25) is 0 Å². The molecule has 0 amide bonds. The van der Waals surface area contributed by atoms with Crippen LogP contribution in [-0.2, 0) is 16.0 Å². The third kappa shape index (κ3) is 3.80. The van der Waals surface area contributed by atoms with E-state index in [-0.39, 0.29) is 6.04 Å². The molecule has 1 saturated heterocycles. The Labute approximate surface area is 187 Å². The van der Waals surface area contributed by atoms with Crippen molar-refractivity contribution in [3.05, 3.63) is 30.6 Å². The van der Waals surface area contributed by atoms with Gasteiger partial charge in [0.2, 0.25) is 5.95 Å². The summed E-state index contributed by atoms with van der Waals surface area (Å²) in [5.41, 5.74) is 3.58. The van der Waals surface area contributed by atoms with E-state index in [1.165, 1.54) is 4.68 Å². The molecule has 0 radical (unpaired) electrons. The lowest BCUT2D eigenvalue weighted by Gasteiger charge is -2.35. The number of anilines is 1. The molecule has 0 unspecified atom stereocenters. The van der Waals surface area contributed by atoms with Crippen LogP contribution >= 0.6 is 0 Å². The second kappa shape index (κ2) is 7.99. The number of halogens is 2. The van der Waals surface area contributed by atoms with Gasteiger partial charge in [-0.15, -0.1) is 5.10 Å². The number of ether oxygens (including phenoxy) is 2. The van der Waals surface area contributed by atoms with Gasteiger partial charge in [0.05, 0.1) is 18.7 Å². The van der Waals surface area contributed by atoms with E-state index < -0.39 is 18.8 Å². The number of fused-ring (bicyclic) bond motifs is 2. The van der Waals surface area contributed by atoms with Crippen molar-refractivity contribution in [2.24, 2.45) is 0 Å². The summed E-state index contributed by atoms with van der Waals surface area (Å²) in [7, 11) is 0. The standard InChI is InChI=1S/C22H23F2N7O2/c23-19(24)12-31-18-9-13(1-2-17(18)29-30-31)15-10-25-20-16(15)11-26-21(28-20)27-14-3-5-22(6-4-14)32-7-8-33-22/h1-2,9-11,14,19H,3-8,12H2,(H2,25,26,27,28). The van der Waals surface area contributed by atoms with E-state index in [0.717, 1.165) is 42.2 Å². The molecule has 6 rings (SSSR count). The molecule has 33 heavy (non-hydrogen) atoms. The number of benzene rings is 1. The van der Waals surface area contributed by atoms with Gasteiger partial charge in [-0.3, -0.25) is 0 Å². The maximum absolute atomic E-state index is 12.9. The first-order valence-electron chi connectivity index (χ1n) is 11.1. The Morgan fingerprint density at radius 2 is 2.03 bits per heavy atom. The summed E-state index contributed by atoms with van der Waals surface area (Å²) in [6.07, 6.45) is 4.71. The average Bonchev–Trinajstić information content (AvgIpc) is 3.54. The van der Waals surface area contributed by atoms with Crippen molar-refractivity contribution in [1.29, 1.82) is 0 Å². The second-order valence-electron chi connectivity index (χ2n) is 8.55. The van der Waals surface area contributed by atoms with Crippen LogP contribution in [0, 0.1) is 0 Å². The molecule has 1 saturated carbocycles. The number of hydrogen-bond acceptors (Lipinski definition) is 7. The first-order chi connectivity index (χ1) is 16.1. The molecular formula is C22H23F2N7O2. The normalized spacial score (nSPS) is 18.8. The quantitative estimate of drug-likeness (QED) is 0.473. The molecule has 1 aromatic carbocycles. The highest BCUT2D eigenvalue weighted by molar-refractivity contribution is 5.95. The molecule has 3 aromatic heterocycles. The predicted molar refractivity (Wildman–Crippen MR) is 117 cm³/mol. The average molecular weight is 455 g/mol. The molecule has 2 N–H and O–H groups in total. The van der Waals surface area contributed by atoms with Crippen LogP contribution in [0.3, 0.4) is 0 Å². The lowest BCUT2D eigenvalue weighted by atomic mass is 9.90. The molecular weight excluding hydrogens is 432 g/mol. The molecule has 9 nitrogen and oxygen atoms in total. The maximum atomic E-state index is 12.9. The molecule has 0 bridgehead atoms. The van der Waals surface area contributed by atoms with Gasteiger partial charge in [0.15, 0.2) is 5.79 Å². The van der Waals surface area contributed by atoms with E-state index in [9.17, 15) is 8.78 Å². The largest absolute Gasteiger partial charge is 0.351 e. The topological polar surface area (TPSA) is 103 Å². The minimum atomic E-state index is -2.50. The zero-order chi connectivity index (χ0) is 22.4. The lowest BCUT2D eigenvalue weighted by molar-refractivity contribution is -0.177. The number of alkyl halides is 2. The number of rotatable bonds is 5. The molecule has 172 valence electrons. The summed E-state index contributed by atoms with van der Waals surface area (Å²) < 4.78 is 38.5. The molecule has 11 heteroatoms. The van der Waals surface area contributed by atoms with Gasteiger partial charge in [0.25, 0.3) is 6.43 Å².